The number of nitrogens with two attached hydrogens (primary N) is 1. The van der Waals surface area contributed by atoms with Crippen LogP contribution in [0, 0.1) is 0 Å². The van der Waals surface area contributed by atoms with Crippen LogP contribution >= 0.6 is 0 Å². The maximum atomic E-state index is 12.9. The molecule has 7 heteroatoms. The van der Waals surface area contributed by atoms with Crippen LogP contribution in [0.4, 0.5) is 18.9 Å². The van der Waals surface area contributed by atoms with Crippen molar-refractivity contribution in [1.82, 2.24) is 4.90 Å². The van der Waals surface area contributed by atoms with Crippen LogP contribution in [-0.4, -0.2) is 23.9 Å². The minimum absolute atomic E-state index is 0.0192. The van der Waals surface area contributed by atoms with E-state index >= 15 is 0 Å². The fourth-order valence-corrected chi connectivity index (χ4v) is 2.18. The number of carbonyl (C=O) groups is 1. The molecule has 0 spiro atoms. The molecule has 3 N–H and O–H groups in total. The molecule has 0 bridgehead atoms. The molecule has 110 valence electrons. The highest BCUT2D eigenvalue weighted by Crippen LogP contribution is 2.35. The summed E-state index contributed by atoms with van der Waals surface area (Å²) in [5.41, 5.74) is 0.830. The summed E-state index contributed by atoms with van der Waals surface area (Å²) >= 11 is 0. The van der Waals surface area contributed by atoms with Crippen molar-refractivity contribution in [2.75, 3.05) is 12.5 Å². The summed E-state index contributed by atoms with van der Waals surface area (Å²) in [7, 11) is 1.62. The Balaban J connectivity index is 2.30. The van der Waals surface area contributed by atoms with Gasteiger partial charge in [0.05, 0.1) is 11.3 Å². The number of carbonyl (C=O) groups excluding carboxylic acids is 1. The van der Waals surface area contributed by atoms with Gasteiger partial charge in [0.1, 0.15) is 0 Å². The average molecular weight is 287 g/mol. The first-order valence-corrected chi connectivity index (χ1v) is 6.29. The Labute approximate surface area is 114 Å². The maximum Gasteiger partial charge on any atom is 0.418 e. The van der Waals surface area contributed by atoms with E-state index in [9.17, 15) is 18.0 Å². The second kappa shape index (κ2) is 5.32. The van der Waals surface area contributed by atoms with E-state index in [-0.39, 0.29) is 17.3 Å². The van der Waals surface area contributed by atoms with Gasteiger partial charge in [0.2, 0.25) is 0 Å². The van der Waals surface area contributed by atoms with E-state index in [2.05, 4.69) is 0 Å². The van der Waals surface area contributed by atoms with Crippen LogP contribution in [-0.2, 0) is 6.18 Å². The van der Waals surface area contributed by atoms with Crippen LogP contribution in [0.15, 0.2) is 18.2 Å². The summed E-state index contributed by atoms with van der Waals surface area (Å²) in [6.45, 7) is 0. The van der Waals surface area contributed by atoms with Gasteiger partial charge in [-0.2, -0.15) is 13.2 Å². The number of hydrogen-bond donors (Lipinski definition) is 2. The minimum atomic E-state index is -4.56. The van der Waals surface area contributed by atoms with E-state index in [0.717, 1.165) is 25.3 Å². The Morgan fingerprint density at radius 2 is 2.05 bits per heavy atom. The second-order valence-corrected chi connectivity index (χ2v) is 4.90. The Morgan fingerprint density at radius 3 is 2.50 bits per heavy atom. The molecule has 1 fully saturated rings. The molecule has 1 aliphatic rings. The third-order valence-corrected chi connectivity index (χ3v) is 3.67. The number of halogens is 3. The predicted molar refractivity (Wildman–Crippen MR) is 69.0 cm³/mol. The van der Waals surface area contributed by atoms with Gasteiger partial charge in [0.25, 0.3) is 5.91 Å². The second-order valence-electron chi connectivity index (χ2n) is 4.90. The summed E-state index contributed by atoms with van der Waals surface area (Å²) in [4.78, 5) is 13.7. The van der Waals surface area contributed by atoms with E-state index < -0.39 is 17.6 Å². The standard InChI is InChI=1S/C13H16F3N3O/c1-19(9-3-2-4-9)12(20)8-5-6-11(18-17)10(7-8)13(14,15)16/h5-7,9,18H,2-4,17H2,1H3. The number of hydrazine groups is 1. The molecule has 1 aliphatic carbocycles. The van der Waals surface area contributed by atoms with E-state index in [0.29, 0.717) is 0 Å². The van der Waals surface area contributed by atoms with E-state index in [1.165, 1.54) is 17.0 Å². The van der Waals surface area contributed by atoms with Gasteiger partial charge in [-0.15, -0.1) is 0 Å². The van der Waals surface area contributed by atoms with Crippen molar-refractivity contribution in [2.24, 2.45) is 5.84 Å². The molecule has 4 nitrogen and oxygen atoms in total. The molecule has 0 unspecified atom stereocenters. The summed E-state index contributed by atoms with van der Waals surface area (Å²) in [6.07, 6.45) is -1.72. The van der Waals surface area contributed by atoms with Crippen molar-refractivity contribution in [3.8, 4) is 0 Å². The average Bonchev–Trinajstić information content (AvgIpc) is 2.34. The molecule has 0 atom stereocenters. The van der Waals surface area contributed by atoms with Crippen molar-refractivity contribution in [3.63, 3.8) is 0 Å². The molecule has 0 aromatic heterocycles. The fourth-order valence-electron chi connectivity index (χ4n) is 2.18. The molecule has 1 saturated carbocycles. The first-order chi connectivity index (χ1) is 9.34. The van der Waals surface area contributed by atoms with Crippen LogP contribution in [0.5, 0.6) is 0 Å². The summed E-state index contributed by atoms with van der Waals surface area (Å²) in [5, 5.41) is 0. The van der Waals surface area contributed by atoms with Crippen LogP contribution in [0.2, 0.25) is 0 Å². The fraction of sp³-hybridized carbons (Fsp3) is 0.462. The monoisotopic (exact) mass is 287 g/mol. The van der Waals surface area contributed by atoms with Gasteiger partial charge in [-0.1, -0.05) is 0 Å². The number of nitrogen functional groups attached to an aromatic ring is 1. The SMILES string of the molecule is CN(C(=O)c1ccc(NN)c(C(F)(F)F)c1)C1CCC1. The van der Waals surface area contributed by atoms with Crippen molar-refractivity contribution in [1.29, 1.82) is 0 Å². The zero-order chi connectivity index (χ0) is 14.9. The first-order valence-electron chi connectivity index (χ1n) is 6.29. The molecule has 0 radical (unpaired) electrons. The Kier molecular flexibility index (Phi) is 3.89. The van der Waals surface area contributed by atoms with Crippen LogP contribution < -0.4 is 11.3 Å². The molecule has 0 saturated heterocycles. The van der Waals surface area contributed by atoms with Crippen molar-refractivity contribution in [2.45, 2.75) is 31.5 Å². The number of alkyl halides is 3. The molecule has 20 heavy (non-hydrogen) atoms. The highest BCUT2D eigenvalue weighted by molar-refractivity contribution is 5.95. The molecular formula is C13H16F3N3O. The maximum absolute atomic E-state index is 12.9. The van der Waals surface area contributed by atoms with Gasteiger partial charge in [0.15, 0.2) is 0 Å². The molecule has 2 rings (SSSR count). The van der Waals surface area contributed by atoms with Gasteiger partial charge < -0.3 is 10.3 Å². The van der Waals surface area contributed by atoms with Crippen LogP contribution in [0.25, 0.3) is 0 Å². The van der Waals surface area contributed by atoms with Gasteiger partial charge in [-0.25, -0.2) is 0 Å². The normalized spacial score (nSPS) is 15.7. The third-order valence-electron chi connectivity index (χ3n) is 3.67. The smallest absolute Gasteiger partial charge is 0.339 e. The van der Waals surface area contributed by atoms with E-state index in [1.807, 2.05) is 5.43 Å². The first kappa shape index (κ1) is 14.6. The summed E-state index contributed by atoms with van der Waals surface area (Å²) in [5.74, 6) is 4.67. The number of nitrogens with zero attached hydrogens (tertiary/aromatic N) is 1. The van der Waals surface area contributed by atoms with Gasteiger partial charge in [0, 0.05) is 18.7 Å². The molecule has 1 amide bonds. The van der Waals surface area contributed by atoms with E-state index in [1.54, 1.807) is 7.05 Å². The van der Waals surface area contributed by atoms with Crippen molar-refractivity contribution in [3.05, 3.63) is 29.3 Å². The Hall–Kier alpha value is -1.76. The lowest BCUT2D eigenvalue weighted by atomic mass is 9.91. The minimum Gasteiger partial charge on any atom is -0.339 e. The summed E-state index contributed by atoms with van der Waals surface area (Å²) < 4.78 is 38.7. The lowest BCUT2D eigenvalue weighted by molar-refractivity contribution is -0.137. The lowest BCUT2D eigenvalue weighted by Gasteiger charge is -2.34. The molecular weight excluding hydrogens is 271 g/mol. The highest BCUT2D eigenvalue weighted by atomic mass is 19.4. The third kappa shape index (κ3) is 2.72. The molecule has 0 aliphatic heterocycles. The van der Waals surface area contributed by atoms with Crippen LogP contribution in [0.1, 0.15) is 35.2 Å². The van der Waals surface area contributed by atoms with Gasteiger partial charge in [-0.3, -0.25) is 10.6 Å². The zero-order valence-electron chi connectivity index (χ0n) is 11.0. The number of amides is 1. The zero-order valence-corrected chi connectivity index (χ0v) is 11.0. The van der Waals surface area contributed by atoms with Crippen LogP contribution in [0.3, 0.4) is 0 Å². The van der Waals surface area contributed by atoms with Gasteiger partial charge >= 0.3 is 6.18 Å². The number of nitrogens with one attached hydrogen (secondary N) is 1. The molecule has 0 heterocycles. The largest absolute Gasteiger partial charge is 0.418 e. The predicted octanol–water partition coefficient (Wildman–Crippen LogP) is 2.62. The van der Waals surface area contributed by atoms with Crippen molar-refractivity contribution >= 4 is 11.6 Å². The summed E-state index contributed by atoms with van der Waals surface area (Å²) in [6, 6.07) is 3.49. The Bertz CT molecular complexity index is 512. The number of rotatable bonds is 3. The quantitative estimate of drug-likeness (QED) is 0.663. The highest BCUT2D eigenvalue weighted by Gasteiger charge is 2.35. The van der Waals surface area contributed by atoms with E-state index in [4.69, 9.17) is 5.84 Å². The van der Waals surface area contributed by atoms with Gasteiger partial charge in [-0.05, 0) is 37.5 Å². The number of hydrogen-bond acceptors (Lipinski definition) is 3. The topological polar surface area (TPSA) is 58.4 Å². The Morgan fingerprint density at radius 1 is 1.40 bits per heavy atom. The number of benzene rings is 1. The number of anilines is 1. The van der Waals surface area contributed by atoms with Crippen molar-refractivity contribution < 1.29 is 18.0 Å². The lowest BCUT2D eigenvalue weighted by Crippen LogP contribution is -2.41. The molecule has 1 aromatic rings. The molecule has 1 aromatic carbocycles.